The van der Waals surface area contributed by atoms with Crippen LogP contribution in [-0.4, -0.2) is 30.8 Å². The molecule has 4 rings (SSSR count). The van der Waals surface area contributed by atoms with Gasteiger partial charge in [0, 0.05) is 30.7 Å². The molecule has 2 aromatic carbocycles. The summed E-state index contributed by atoms with van der Waals surface area (Å²) in [6.45, 7) is 0.344. The van der Waals surface area contributed by atoms with Crippen LogP contribution in [0.25, 0.3) is 5.65 Å². The van der Waals surface area contributed by atoms with Crippen LogP contribution in [0, 0.1) is 0 Å². The van der Waals surface area contributed by atoms with Crippen LogP contribution in [-0.2, 0) is 16.4 Å². The molecule has 0 aliphatic heterocycles. The molecule has 4 aromatic rings. The molecule has 8 heteroatoms. The van der Waals surface area contributed by atoms with Crippen LogP contribution in [0.5, 0.6) is 5.75 Å². The third kappa shape index (κ3) is 3.90. The minimum atomic E-state index is -3.70. The SMILES string of the molecule is COc1cccc(S(=O)(=O)c2ccc(C(=O)NCc3ccc4nccn4c3)cc2)c1. The molecule has 0 aliphatic carbocycles. The molecule has 0 aliphatic rings. The summed E-state index contributed by atoms with van der Waals surface area (Å²) in [4.78, 5) is 16.9. The molecule has 152 valence electrons. The second-order valence-electron chi connectivity index (χ2n) is 6.62. The Morgan fingerprint density at radius 2 is 1.87 bits per heavy atom. The largest absolute Gasteiger partial charge is 0.497 e. The molecular weight excluding hydrogens is 402 g/mol. The number of methoxy groups -OCH3 is 1. The van der Waals surface area contributed by atoms with Crippen molar-refractivity contribution in [2.45, 2.75) is 16.3 Å². The van der Waals surface area contributed by atoms with E-state index in [4.69, 9.17) is 4.74 Å². The van der Waals surface area contributed by atoms with Gasteiger partial charge in [-0.2, -0.15) is 0 Å². The summed E-state index contributed by atoms with van der Waals surface area (Å²) in [5.74, 6) is 0.173. The average Bonchev–Trinajstić information content (AvgIpc) is 3.25. The number of aromatic nitrogens is 2. The van der Waals surface area contributed by atoms with E-state index in [1.807, 2.05) is 28.9 Å². The fraction of sp³-hybridized carbons (Fsp3) is 0.0909. The number of carbonyl (C=O) groups is 1. The Kier molecular flexibility index (Phi) is 5.24. The zero-order chi connectivity index (χ0) is 21.1. The minimum Gasteiger partial charge on any atom is -0.497 e. The Labute approximate surface area is 173 Å². The summed E-state index contributed by atoms with van der Waals surface area (Å²) < 4.78 is 32.6. The molecule has 2 heterocycles. The zero-order valence-corrected chi connectivity index (χ0v) is 17.0. The summed E-state index contributed by atoms with van der Waals surface area (Å²) in [5.41, 5.74) is 2.13. The summed E-state index contributed by atoms with van der Waals surface area (Å²) in [6, 6.07) is 15.9. The van der Waals surface area contributed by atoms with Crippen molar-refractivity contribution in [3.63, 3.8) is 0 Å². The molecule has 7 nitrogen and oxygen atoms in total. The zero-order valence-electron chi connectivity index (χ0n) is 16.1. The monoisotopic (exact) mass is 421 g/mol. The lowest BCUT2D eigenvalue weighted by Gasteiger charge is -2.09. The van der Waals surface area contributed by atoms with Gasteiger partial charge in [0.05, 0.1) is 16.9 Å². The Balaban J connectivity index is 1.47. The van der Waals surface area contributed by atoms with E-state index in [2.05, 4.69) is 10.3 Å². The van der Waals surface area contributed by atoms with Gasteiger partial charge in [-0.25, -0.2) is 13.4 Å². The lowest BCUT2D eigenvalue weighted by atomic mass is 10.2. The molecule has 0 spiro atoms. The maximum Gasteiger partial charge on any atom is 0.251 e. The number of hydrogen-bond donors (Lipinski definition) is 1. The van der Waals surface area contributed by atoms with Gasteiger partial charge in [-0.15, -0.1) is 0 Å². The van der Waals surface area contributed by atoms with Gasteiger partial charge in [-0.3, -0.25) is 4.79 Å². The smallest absolute Gasteiger partial charge is 0.251 e. The maximum atomic E-state index is 12.8. The number of benzene rings is 2. The van der Waals surface area contributed by atoms with Crippen LogP contribution in [0.3, 0.4) is 0 Å². The van der Waals surface area contributed by atoms with Gasteiger partial charge < -0.3 is 14.5 Å². The van der Waals surface area contributed by atoms with Gasteiger partial charge in [-0.1, -0.05) is 12.1 Å². The van der Waals surface area contributed by atoms with E-state index in [-0.39, 0.29) is 15.7 Å². The van der Waals surface area contributed by atoms with E-state index in [9.17, 15) is 13.2 Å². The molecule has 0 atom stereocenters. The van der Waals surface area contributed by atoms with Gasteiger partial charge in [0.1, 0.15) is 11.4 Å². The van der Waals surface area contributed by atoms with Crippen molar-refractivity contribution < 1.29 is 17.9 Å². The summed E-state index contributed by atoms with van der Waals surface area (Å²) in [6.07, 6.45) is 5.44. The lowest BCUT2D eigenvalue weighted by Crippen LogP contribution is -2.23. The molecule has 0 bridgehead atoms. The highest BCUT2D eigenvalue weighted by Gasteiger charge is 2.19. The van der Waals surface area contributed by atoms with E-state index in [0.717, 1.165) is 11.2 Å². The van der Waals surface area contributed by atoms with Crippen molar-refractivity contribution in [1.82, 2.24) is 14.7 Å². The summed E-state index contributed by atoms with van der Waals surface area (Å²) in [5, 5.41) is 2.84. The van der Waals surface area contributed by atoms with Crippen LogP contribution in [0.15, 0.2) is 89.0 Å². The van der Waals surface area contributed by atoms with E-state index in [1.54, 1.807) is 18.3 Å². The lowest BCUT2D eigenvalue weighted by molar-refractivity contribution is 0.0950. The highest BCUT2D eigenvalue weighted by molar-refractivity contribution is 7.91. The Hall–Kier alpha value is -3.65. The summed E-state index contributed by atoms with van der Waals surface area (Å²) in [7, 11) is -2.23. The second kappa shape index (κ2) is 8.00. The Morgan fingerprint density at radius 1 is 1.07 bits per heavy atom. The van der Waals surface area contributed by atoms with E-state index in [1.165, 1.54) is 43.5 Å². The number of ether oxygens (including phenoxy) is 1. The molecule has 2 aromatic heterocycles. The number of imidazole rings is 1. The van der Waals surface area contributed by atoms with Crippen LogP contribution in [0.1, 0.15) is 15.9 Å². The van der Waals surface area contributed by atoms with Gasteiger partial charge >= 0.3 is 0 Å². The minimum absolute atomic E-state index is 0.109. The van der Waals surface area contributed by atoms with E-state index < -0.39 is 9.84 Å². The van der Waals surface area contributed by atoms with Gasteiger partial charge in [0.25, 0.3) is 5.91 Å². The number of carbonyl (C=O) groups excluding carboxylic acids is 1. The first-order valence-electron chi connectivity index (χ1n) is 9.16. The maximum absolute atomic E-state index is 12.8. The number of sulfone groups is 1. The third-order valence-electron chi connectivity index (χ3n) is 4.68. The van der Waals surface area contributed by atoms with Gasteiger partial charge in [0.15, 0.2) is 0 Å². The fourth-order valence-electron chi connectivity index (χ4n) is 3.04. The van der Waals surface area contributed by atoms with E-state index >= 15 is 0 Å². The summed E-state index contributed by atoms with van der Waals surface area (Å²) >= 11 is 0. The van der Waals surface area contributed by atoms with Gasteiger partial charge in [0.2, 0.25) is 9.84 Å². The average molecular weight is 421 g/mol. The number of nitrogens with zero attached hydrogens (tertiary/aromatic N) is 2. The Bertz CT molecular complexity index is 1310. The van der Waals surface area contributed by atoms with Crippen LogP contribution >= 0.6 is 0 Å². The van der Waals surface area contributed by atoms with Gasteiger partial charge in [-0.05, 0) is 54.1 Å². The highest BCUT2D eigenvalue weighted by Crippen LogP contribution is 2.24. The number of amides is 1. The normalized spacial score (nSPS) is 11.4. The topological polar surface area (TPSA) is 89.8 Å². The van der Waals surface area contributed by atoms with Crippen molar-refractivity contribution in [2.75, 3.05) is 7.11 Å². The molecule has 0 radical (unpaired) electrons. The number of nitrogens with one attached hydrogen (secondary N) is 1. The van der Waals surface area contributed by atoms with Crippen LogP contribution in [0.2, 0.25) is 0 Å². The quantitative estimate of drug-likeness (QED) is 0.517. The fourth-order valence-corrected chi connectivity index (χ4v) is 4.34. The van der Waals surface area contributed by atoms with Crippen molar-refractivity contribution in [2.24, 2.45) is 0 Å². The van der Waals surface area contributed by atoms with Crippen molar-refractivity contribution >= 4 is 21.4 Å². The third-order valence-corrected chi connectivity index (χ3v) is 6.45. The predicted octanol–water partition coefficient (Wildman–Crippen LogP) is 3.11. The molecule has 0 unspecified atom stereocenters. The first kappa shape index (κ1) is 19.7. The molecule has 0 fully saturated rings. The van der Waals surface area contributed by atoms with E-state index in [0.29, 0.717) is 17.9 Å². The van der Waals surface area contributed by atoms with Crippen molar-refractivity contribution in [3.05, 3.63) is 90.4 Å². The molecule has 30 heavy (non-hydrogen) atoms. The molecule has 0 saturated carbocycles. The number of pyridine rings is 1. The van der Waals surface area contributed by atoms with Crippen LogP contribution < -0.4 is 10.1 Å². The number of rotatable bonds is 6. The molecular formula is C22H19N3O4S. The number of hydrogen-bond acceptors (Lipinski definition) is 5. The van der Waals surface area contributed by atoms with Crippen molar-refractivity contribution in [1.29, 1.82) is 0 Å². The second-order valence-corrected chi connectivity index (χ2v) is 8.57. The van der Waals surface area contributed by atoms with Crippen LogP contribution in [0.4, 0.5) is 0 Å². The van der Waals surface area contributed by atoms with Crippen molar-refractivity contribution in [3.8, 4) is 5.75 Å². The molecule has 1 amide bonds. The number of fused-ring (bicyclic) bond motifs is 1. The highest BCUT2D eigenvalue weighted by atomic mass is 32.2. The first-order chi connectivity index (χ1) is 14.5. The Morgan fingerprint density at radius 3 is 2.63 bits per heavy atom. The molecule has 0 saturated heterocycles. The molecule has 1 N–H and O–H groups in total. The predicted molar refractivity (Wildman–Crippen MR) is 111 cm³/mol. The first-order valence-corrected chi connectivity index (χ1v) is 10.6. The standard InChI is InChI=1S/C22H19N3O4S/c1-29-18-3-2-4-20(13-18)30(27,28)19-8-6-17(7-9-19)22(26)24-14-16-5-10-21-23-11-12-25(21)15-16/h2-13,15H,14H2,1H3,(H,24,26).